The Labute approximate surface area is 114 Å². The van der Waals surface area contributed by atoms with E-state index in [-0.39, 0.29) is 11.6 Å². The molecule has 3 nitrogen and oxygen atoms in total. The quantitative estimate of drug-likeness (QED) is 0.912. The first-order chi connectivity index (χ1) is 9.10. The lowest BCUT2D eigenvalue weighted by molar-refractivity contribution is 0.190. The minimum Gasteiger partial charge on any atom is -0.383 e. The van der Waals surface area contributed by atoms with Crippen molar-refractivity contribution in [2.24, 2.45) is 0 Å². The molecule has 0 amide bonds. The highest BCUT2D eigenvalue weighted by atomic mass is 32.1. The number of rotatable bonds is 5. The van der Waals surface area contributed by atoms with Gasteiger partial charge in [-0.15, -0.1) is 11.3 Å². The Kier molecular flexibility index (Phi) is 4.44. The van der Waals surface area contributed by atoms with Crippen molar-refractivity contribution in [3.8, 4) is 11.3 Å². The monoisotopic (exact) mass is 284 g/mol. The summed E-state index contributed by atoms with van der Waals surface area (Å²) in [5.41, 5.74) is 0.595. The topological polar surface area (TPSA) is 34.1 Å². The van der Waals surface area contributed by atoms with Crippen LogP contribution in [0.1, 0.15) is 6.92 Å². The lowest BCUT2D eigenvalue weighted by Gasteiger charge is -2.10. The van der Waals surface area contributed by atoms with E-state index in [0.717, 1.165) is 18.2 Å². The van der Waals surface area contributed by atoms with E-state index in [1.54, 1.807) is 12.5 Å². The molecule has 0 spiro atoms. The molecule has 19 heavy (non-hydrogen) atoms. The molecule has 102 valence electrons. The van der Waals surface area contributed by atoms with Crippen LogP contribution in [0.2, 0.25) is 0 Å². The molecule has 2 rings (SSSR count). The minimum atomic E-state index is -0.483. The first-order valence-corrected chi connectivity index (χ1v) is 6.64. The maximum atomic E-state index is 13.6. The zero-order chi connectivity index (χ0) is 13.8. The third kappa shape index (κ3) is 3.48. The Morgan fingerprint density at radius 3 is 2.95 bits per heavy atom. The summed E-state index contributed by atoms with van der Waals surface area (Å²) in [6, 6.07) is 3.43. The highest BCUT2D eigenvalue weighted by molar-refractivity contribution is 7.14. The Hall–Kier alpha value is -1.53. The fourth-order valence-electron chi connectivity index (χ4n) is 1.66. The first-order valence-electron chi connectivity index (χ1n) is 5.76. The normalized spacial score (nSPS) is 12.4. The fourth-order valence-corrected chi connectivity index (χ4v) is 2.48. The van der Waals surface area contributed by atoms with Crippen LogP contribution in [0.4, 0.5) is 13.9 Å². The molecule has 1 unspecified atom stereocenters. The van der Waals surface area contributed by atoms with Crippen molar-refractivity contribution in [1.29, 1.82) is 0 Å². The molecule has 0 aliphatic carbocycles. The highest BCUT2D eigenvalue weighted by Gasteiger charge is 2.11. The number of nitrogens with one attached hydrogen (secondary N) is 1. The zero-order valence-electron chi connectivity index (χ0n) is 10.6. The van der Waals surface area contributed by atoms with Crippen LogP contribution in [0.25, 0.3) is 11.3 Å². The van der Waals surface area contributed by atoms with Crippen LogP contribution in [0, 0.1) is 11.6 Å². The SMILES string of the molecule is COCC(C)Nc1nc(-c2cc(F)ccc2F)cs1. The van der Waals surface area contributed by atoms with E-state index in [1.165, 1.54) is 11.3 Å². The molecule has 6 heteroatoms. The second-order valence-corrected chi connectivity index (χ2v) is 5.02. The molecular formula is C13H14F2N2OS. The van der Waals surface area contributed by atoms with Crippen LogP contribution in [0.15, 0.2) is 23.6 Å². The molecule has 1 aromatic carbocycles. The molecule has 0 saturated heterocycles. The molecule has 0 bridgehead atoms. The number of anilines is 1. The number of ether oxygens (including phenoxy) is 1. The minimum absolute atomic E-state index is 0.0985. The number of halogens is 2. The van der Waals surface area contributed by atoms with Crippen LogP contribution in [-0.4, -0.2) is 24.7 Å². The molecular weight excluding hydrogens is 270 g/mol. The van der Waals surface area contributed by atoms with E-state index in [9.17, 15) is 8.78 Å². The Bertz CT molecular complexity index is 559. The van der Waals surface area contributed by atoms with Crippen molar-refractivity contribution >= 4 is 16.5 Å². The summed E-state index contributed by atoms with van der Waals surface area (Å²) in [5, 5.41) is 5.48. The van der Waals surface area contributed by atoms with Gasteiger partial charge in [-0.3, -0.25) is 0 Å². The van der Waals surface area contributed by atoms with E-state index in [0.29, 0.717) is 17.4 Å². The predicted octanol–water partition coefficient (Wildman–Crippen LogP) is 3.54. The van der Waals surface area contributed by atoms with E-state index < -0.39 is 11.6 Å². The third-order valence-electron chi connectivity index (χ3n) is 2.50. The van der Waals surface area contributed by atoms with Crippen LogP contribution in [0.5, 0.6) is 0 Å². The summed E-state index contributed by atoms with van der Waals surface area (Å²) in [7, 11) is 1.62. The van der Waals surface area contributed by atoms with E-state index >= 15 is 0 Å². The standard InChI is InChI=1S/C13H14F2N2OS/c1-8(6-18-2)16-13-17-12(7-19-13)10-5-9(14)3-4-11(10)15/h3-5,7-8H,6H2,1-2H3,(H,16,17). The number of methoxy groups -OCH3 is 1. The van der Waals surface area contributed by atoms with Gasteiger partial charge in [-0.25, -0.2) is 13.8 Å². The molecule has 0 fully saturated rings. The molecule has 2 aromatic rings. The molecule has 0 aliphatic rings. The summed E-state index contributed by atoms with van der Waals surface area (Å²) in [6.07, 6.45) is 0. The molecule has 0 aliphatic heterocycles. The van der Waals surface area contributed by atoms with Crippen molar-refractivity contribution in [3.63, 3.8) is 0 Å². The summed E-state index contributed by atoms with van der Waals surface area (Å²) < 4.78 is 31.7. The van der Waals surface area contributed by atoms with Crippen molar-refractivity contribution in [1.82, 2.24) is 4.98 Å². The highest BCUT2D eigenvalue weighted by Crippen LogP contribution is 2.27. The largest absolute Gasteiger partial charge is 0.383 e. The van der Waals surface area contributed by atoms with Gasteiger partial charge >= 0.3 is 0 Å². The number of benzene rings is 1. The number of hydrogen-bond acceptors (Lipinski definition) is 4. The van der Waals surface area contributed by atoms with Crippen molar-refractivity contribution < 1.29 is 13.5 Å². The number of hydrogen-bond donors (Lipinski definition) is 1. The molecule has 0 saturated carbocycles. The van der Waals surface area contributed by atoms with Crippen LogP contribution in [0.3, 0.4) is 0 Å². The first kappa shape index (κ1) is 13.9. The van der Waals surface area contributed by atoms with E-state index in [4.69, 9.17) is 4.74 Å². The molecule has 0 radical (unpaired) electrons. The lowest BCUT2D eigenvalue weighted by atomic mass is 10.1. The maximum Gasteiger partial charge on any atom is 0.183 e. The average Bonchev–Trinajstić information content (AvgIpc) is 2.81. The Morgan fingerprint density at radius 1 is 1.42 bits per heavy atom. The molecule has 1 atom stereocenters. The van der Waals surface area contributed by atoms with Gasteiger partial charge in [0.2, 0.25) is 0 Å². The second-order valence-electron chi connectivity index (χ2n) is 4.16. The number of thiazole rings is 1. The number of nitrogens with zero attached hydrogens (tertiary/aromatic N) is 1. The van der Waals surface area contributed by atoms with Gasteiger partial charge in [0, 0.05) is 24.1 Å². The fraction of sp³-hybridized carbons (Fsp3) is 0.308. The van der Waals surface area contributed by atoms with Gasteiger partial charge in [0.25, 0.3) is 0 Å². The average molecular weight is 284 g/mol. The van der Waals surface area contributed by atoms with Crippen molar-refractivity contribution in [2.45, 2.75) is 13.0 Å². The third-order valence-corrected chi connectivity index (χ3v) is 3.27. The van der Waals surface area contributed by atoms with E-state index in [2.05, 4.69) is 10.3 Å². The lowest BCUT2D eigenvalue weighted by Crippen LogP contribution is -2.20. The summed E-state index contributed by atoms with van der Waals surface area (Å²) >= 11 is 1.35. The van der Waals surface area contributed by atoms with E-state index in [1.807, 2.05) is 6.92 Å². The predicted molar refractivity (Wildman–Crippen MR) is 72.4 cm³/mol. The van der Waals surface area contributed by atoms with Gasteiger partial charge < -0.3 is 10.1 Å². The van der Waals surface area contributed by atoms with Gasteiger partial charge in [-0.05, 0) is 25.1 Å². The maximum absolute atomic E-state index is 13.6. The van der Waals surface area contributed by atoms with Crippen LogP contribution in [-0.2, 0) is 4.74 Å². The van der Waals surface area contributed by atoms with Crippen molar-refractivity contribution in [3.05, 3.63) is 35.2 Å². The van der Waals surface area contributed by atoms with Crippen LogP contribution >= 0.6 is 11.3 Å². The van der Waals surface area contributed by atoms with Gasteiger partial charge in [0.05, 0.1) is 12.3 Å². The smallest absolute Gasteiger partial charge is 0.183 e. The summed E-state index contributed by atoms with van der Waals surface area (Å²) in [4.78, 5) is 4.25. The zero-order valence-corrected chi connectivity index (χ0v) is 11.4. The Balaban J connectivity index is 2.18. The van der Waals surface area contributed by atoms with Gasteiger partial charge in [-0.1, -0.05) is 0 Å². The molecule has 1 aromatic heterocycles. The van der Waals surface area contributed by atoms with Crippen molar-refractivity contribution in [2.75, 3.05) is 19.0 Å². The van der Waals surface area contributed by atoms with Gasteiger partial charge in [0.1, 0.15) is 11.6 Å². The number of aromatic nitrogens is 1. The summed E-state index contributed by atoms with van der Waals surface area (Å²) in [5.74, 6) is -0.963. The molecule has 1 N–H and O–H groups in total. The second kappa shape index (κ2) is 6.08. The van der Waals surface area contributed by atoms with Gasteiger partial charge in [-0.2, -0.15) is 0 Å². The van der Waals surface area contributed by atoms with Gasteiger partial charge in [0.15, 0.2) is 5.13 Å². The summed E-state index contributed by atoms with van der Waals surface area (Å²) in [6.45, 7) is 2.50. The molecule has 1 heterocycles. The Morgan fingerprint density at radius 2 is 2.21 bits per heavy atom. The van der Waals surface area contributed by atoms with Crippen LogP contribution < -0.4 is 5.32 Å².